The Morgan fingerprint density at radius 3 is 2.50 bits per heavy atom. The van der Waals surface area contributed by atoms with E-state index in [1.807, 2.05) is 12.3 Å². The molecule has 0 N–H and O–H groups in total. The number of rotatable bonds is 5. The third kappa shape index (κ3) is 3.43. The average molecular weight is 321 g/mol. The van der Waals surface area contributed by atoms with E-state index in [1.54, 1.807) is 12.1 Å². The van der Waals surface area contributed by atoms with Gasteiger partial charge in [0.15, 0.2) is 0 Å². The highest BCUT2D eigenvalue weighted by atomic mass is 32.1. The van der Waals surface area contributed by atoms with Crippen molar-refractivity contribution in [2.75, 3.05) is 14.2 Å². The van der Waals surface area contributed by atoms with E-state index in [9.17, 15) is 9.59 Å². The minimum atomic E-state index is -0.661. The van der Waals surface area contributed by atoms with Crippen LogP contribution in [0, 0.1) is 6.92 Å². The number of nitrogens with zero attached hydrogens (tertiary/aromatic N) is 1. The first kappa shape index (κ1) is 16.0. The number of benzene rings is 1. The number of aromatic nitrogens is 1. The van der Waals surface area contributed by atoms with Crippen molar-refractivity contribution in [2.45, 2.75) is 13.5 Å². The highest BCUT2D eigenvalue weighted by Gasteiger charge is 2.23. The number of methoxy groups -OCH3 is 2. The number of thiazole rings is 1. The average Bonchev–Trinajstić information content (AvgIpc) is 2.96. The molecule has 2 aromatic rings. The Hall–Kier alpha value is -2.41. The summed E-state index contributed by atoms with van der Waals surface area (Å²) in [5.74, 6) is -1.04. The summed E-state index contributed by atoms with van der Waals surface area (Å²) in [6, 6.07) is 4.69. The molecule has 0 unspecified atom stereocenters. The van der Waals surface area contributed by atoms with Crippen molar-refractivity contribution >= 4 is 23.3 Å². The van der Waals surface area contributed by atoms with Crippen LogP contribution in [0.15, 0.2) is 23.6 Å². The van der Waals surface area contributed by atoms with E-state index in [4.69, 9.17) is 9.47 Å². The van der Waals surface area contributed by atoms with Crippen LogP contribution in [0.2, 0.25) is 0 Å². The molecule has 0 spiro atoms. The molecular formula is C15H15NO5S. The Labute approximate surface area is 131 Å². The maximum absolute atomic E-state index is 12.0. The first-order valence-corrected chi connectivity index (χ1v) is 7.28. The molecule has 0 saturated carbocycles. The van der Waals surface area contributed by atoms with Crippen LogP contribution in [0.1, 0.15) is 31.4 Å². The van der Waals surface area contributed by atoms with Crippen LogP contribution in [0.3, 0.4) is 0 Å². The Bertz CT molecular complexity index is 695. The fourth-order valence-electron chi connectivity index (χ4n) is 1.85. The molecule has 1 heterocycles. The second-order valence-corrected chi connectivity index (χ2v) is 5.28. The van der Waals surface area contributed by atoms with Crippen molar-refractivity contribution in [1.29, 1.82) is 0 Å². The lowest BCUT2D eigenvalue weighted by Gasteiger charge is -2.12. The van der Waals surface area contributed by atoms with Gasteiger partial charge in [-0.2, -0.15) is 0 Å². The van der Waals surface area contributed by atoms with Crippen LogP contribution >= 0.6 is 11.3 Å². The minimum Gasteiger partial charge on any atom is -0.485 e. The van der Waals surface area contributed by atoms with Crippen molar-refractivity contribution in [3.63, 3.8) is 0 Å². The van der Waals surface area contributed by atoms with Gasteiger partial charge in [0.05, 0.1) is 19.8 Å². The minimum absolute atomic E-state index is 0.0464. The smallest absolute Gasteiger partial charge is 0.342 e. The number of aryl methyl sites for hydroxylation is 1. The van der Waals surface area contributed by atoms with Gasteiger partial charge in [-0.3, -0.25) is 0 Å². The van der Waals surface area contributed by atoms with Crippen molar-refractivity contribution in [2.24, 2.45) is 0 Å². The molecule has 0 atom stereocenters. The van der Waals surface area contributed by atoms with Gasteiger partial charge in [0.1, 0.15) is 22.9 Å². The summed E-state index contributed by atoms with van der Waals surface area (Å²) in [5, 5.41) is 2.68. The van der Waals surface area contributed by atoms with Gasteiger partial charge in [-0.1, -0.05) is 6.07 Å². The highest BCUT2D eigenvalue weighted by molar-refractivity contribution is 7.09. The van der Waals surface area contributed by atoms with E-state index in [-0.39, 0.29) is 23.5 Å². The largest absolute Gasteiger partial charge is 0.485 e. The normalized spacial score (nSPS) is 10.1. The molecule has 2 rings (SSSR count). The Balaban J connectivity index is 2.33. The number of ether oxygens (including phenoxy) is 3. The van der Waals surface area contributed by atoms with Gasteiger partial charge >= 0.3 is 11.9 Å². The number of carbonyl (C=O) groups is 2. The lowest BCUT2D eigenvalue weighted by Crippen LogP contribution is -2.14. The second kappa shape index (κ2) is 7.04. The molecule has 116 valence electrons. The van der Waals surface area contributed by atoms with Crippen LogP contribution in [-0.4, -0.2) is 31.1 Å². The second-order valence-electron chi connectivity index (χ2n) is 4.33. The highest BCUT2D eigenvalue weighted by Crippen LogP contribution is 2.25. The standard InChI is InChI=1S/C15H15NO5S/c1-9-8-22-12(16-9)7-21-11-6-4-5-10(14(17)19-2)13(11)15(18)20-3/h4-6,8H,7H2,1-3H3. The molecule has 7 heteroatoms. The van der Waals surface area contributed by atoms with E-state index >= 15 is 0 Å². The van der Waals surface area contributed by atoms with Crippen molar-refractivity contribution in [3.05, 3.63) is 45.4 Å². The van der Waals surface area contributed by atoms with Gasteiger partial charge in [0.2, 0.25) is 0 Å². The number of carbonyl (C=O) groups excluding carboxylic acids is 2. The first-order valence-electron chi connectivity index (χ1n) is 6.40. The molecule has 0 aliphatic carbocycles. The summed E-state index contributed by atoms with van der Waals surface area (Å²) in [6.45, 7) is 2.09. The summed E-state index contributed by atoms with van der Waals surface area (Å²) < 4.78 is 15.0. The van der Waals surface area contributed by atoms with Crippen molar-refractivity contribution in [1.82, 2.24) is 4.98 Å². The quantitative estimate of drug-likeness (QED) is 0.788. The molecule has 0 radical (unpaired) electrons. The Kier molecular flexibility index (Phi) is 5.11. The maximum Gasteiger partial charge on any atom is 0.342 e. The fourth-order valence-corrected chi connectivity index (χ4v) is 2.54. The fraction of sp³-hybridized carbons (Fsp3) is 0.267. The molecule has 22 heavy (non-hydrogen) atoms. The number of hydrogen-bond acceptors (Lipinski definition) is 7. The molecule has 0 bridgehead atoms. The lowest BCUT2D eigenvalue weighted by atomic mass is 10.1. The molecule has 0 aliphatic rings. The van der Waals surface area contributed by atoms with Gasteiger partial charge in [0.25, 0.3) is 0 Å². The molecule has 0 amide bonds. The van der Waals surface area contributed by atoms with Crippen LogP contribution in [-0.2, 0) is 16.1 Å². The van der Waals surface area contributed by atoms with Gasteiger partial charge in [0, 0.05) is 11.1 Å². The van der Waals surface area contributed by atoms with Crippen LogP contribution in [0.5, 0.6) is 5.75 Å². The Morgan fingerprint density at radius 1 is 1.18 bits per heavy atom. The third-order valence-corrected chi connectivity index (χ3v) is 3.78. The zero-order valence-electron chi connectivity index (χ0n) is 12.4. The monoisotopic (exact) mass is 321 g/mol. The Morgan fingerprint density at radius 2 is 1.91 bits per heavy atom. The van der Waals surface area contributed by atoms with E-state index in [0.717, 1.165) is 10.7 Å². The molecule has 0 fully saturated rings. The summed E-state index contributed by atoms with van der Waals surface area (Å²) in [7, 11) is 2.49. The maximum atomic E-state index is 12.0. The van der Waals surface area contributed by atoms with Gasteiger partial charge < -0.3 is 14.2 Å². The zero-order chi connectivity index (χ0) is 16.1. The third-order valence-electron chi connectivity index (χ3n) is 2.84. The molecule has 6 nitrogen and oxygen atoms in total. The molecule has 1 aromatic carbocycles. The molecule has 0 saturated heterocycles. The van der Waals surface area contributed by atoms with Gasteiger partial charge in [-0.25, -0.2) is 14.6 Å². The van der Waals surface area contributed by atoms with E-state index < -0.39 is 11.9 Å². The summed E-state index contributed by atoms with van der Waals surface area (Å²) in [4.78, 5) is 28.0. The van der Waals surface area contributed by atoms with E-state index in [0.29, 0.717) is 0 Å². The van der Waals surface area contributed by atoms with Crippen LogP contribution in [0.4, 0.5) is 0 Å². The SMILES string of the molecule is COC(=O)c1cccc(OCc2nc(C)cs2)c1C(=O)OC. The van der Waals surface area contributed by atoms with Gasteiger partial charge in [-0.05, 0) is 19.1 Å². The lowest BCUT2D eigenvalue weighted by molar-refractivity contribution is 0.0550. The molecular weight excluding hydrogens is 306 g/mol. The van der Waals surface area contributed by atoms with Crippen LogP contribution < -0.4 is 4.74 Å². The number of hydrogen-bond donors (Lipinski definition) is 0. The predicted molar refractivity (Wildman–Crippen MR) is 80.3 cm³/mol. The van der Waals surface area contributed by atoms with Gasteiger partial charge in [-0.15, -0.1) is 11.3 Å². The predicted octanol–water partition coefficient (Wildman–Crippen LogP) is 2.60. The summed E-state index contributed by atoms with van der Waals surface area (Å²) >= 11 is 1.46. The van der Waals surface area contributed by atoms with Crippen molar-refractivity contribution < 1.29 is 23.8 Å². The van der Waals surface area contributed by atoms with E-state index in [1.165, 1.54) is 31.6 Å². The van der Waals surface area contributed by atoms with Crippen molar-refractivity contribution in [3.8, 4) is 5.75 Å². The number of esters is 2. The summed E-state index contributed by atoms with van der Waals surface area (Å²) in [5.41, 5.74) is 1.05. The summed E-state index contributed by atoms with van der Waals surface area (Å²) in [6.07, 6.45) is 0. The molecule has 0 aliphatic heterocycles. The molecule has 1 aromatic heterocycles. The zero-order valence-corrected chi connectivity index (χ0v) is 13.2. The van der Waals surface area contributed by atoms with Crippen LogP contribution in [0.25, 0.3) is 0 Å². The van der Waals surface area contributed by atoms with E-state index in [2.05, 4.69) is 9.72 Å². The topological polar surface area (TPSA) is 74.7 Å². The first-order chi connectivity index (χ1) is 10.6.